The molecule has 1 aliphatic heterocycles. The van der Waals surface area contributed by atoms with Crippen molar-refractivity contribution in [2.75, 3.05) is 30.3 Å². The van der Waals surface area contributed by atoms with Crippen molar-refractivity contribution in [1.82, 2.24) is 0 Å². The molecule has 0 aromatic heterocycles. The van der Waals surface area contributed by atoms with E-state index in [1.165, 1.54) is 12.1 Å². The lowest BCUT2D eigenvalue weighted by Crippen LogP contribution is -2.39. The Kier molecular flexibility index (Phi) is 4.70. The molecule has 1 heterocycles. The predicted octanol–water partition coefficient (Wildman–Crippen LogP) is 3.07. The second kappa shape index (κ2) is 6.33. The number of carbonyl (C=O) groups excluding carboxylic acids is 1. The highest BCUT2D eigenvalue weighted by Crippen LogP contribution is 2.31. The Morgan fingerprint density at radius 2 is 2.14 bits per heavy atom. The summed E-state index contributed by atoms with van der Waals surface area (Å²) in [4.78, 5) is 13.9. The van der Waals surface area contributed by atoms with Gasteiger partial charge in [-0.1, -0.05) is 13.8 Å². The van der Waals surface area contributed by atoms with E-state index in [-0.39, 0.29) is 23.7 Å². The number of hydrogen-bond donors (Lipinski definition) is 1. The molecule has 2 unspecified atom stereocenters. The van der Waals surface area contributed by atoms with Gasteiger partial charge in [-0.05, 0) is 37.3 Å². The zero-order chi connectivity index (χ0) is 15.6. The Morgan fingerprint density at radius 3 is 2.76 bits per heavy atom. The Hall–Kier alpha value is -1.78. The summed E-state index contributed by atoms with van der Waals surface area (Å²) >= 11 is 0. The van der Waals surface area contributed by atoms with Gasteiger partial charge in [-0.3, -0.25) is 0 Å². The van der Waals surface area contributed by atoms with Crippen molar-refractivity contribution in [2.24, 2.45) is 11.8 Å². The highest BCUT2D eigenvalue weighted by Gasteiger charge is 2.26. The molecule has 21 heavy (non-hydrogen) atoms. The summed E-state index contributed by atoms with van der Waals surface area (Å²) in [7, 11) is 0. The van der Waals surface area contributed by atoms with E-state index in [0.29, 0.717) is 17.5 Å². The fourth-order valence-corrected chi connectivity index (χ4v) is 2.69. The van der Waals surface area contributed by atoms with Crippen molar-refractivity contribution in [3.8, 4) is 0 Å². The van der Waals surface area contributed by atoms with E-state index in [0.717, 1.165) is 19.5 Å². The Morgan fingerprint density at radius 1 is 1.43 bits per heavy atom. The maximum atomic E-state index is 14.2. The average molecular weight is 294 g/mol. The summed E-state index contributed by atoms with van der Waals surface area (Å²) in [5.41, 5.74) is 6.53. The van der Waals surface area contributed by atoms with E-state index < -0.39 is 5.97 Å². The van der Waals surface area contributed by atoms with Gasteiger partial charge in [0.25, 0.3) is 0 Å². The number of carbonyl (C=O) groups is 1. The second-order valence-corrected chi connectivity index (χ2v) is 5.80. The number of nitrogens with two attached hydrogens (primary N) is 1. The molecule has 5 heteroatoms. The number of hydrogen-bond acceptors (Lipinski definition) is 4. The Balaban J connectivity index is 2.31. The van der Waals surface area contributed by atoms with Gasteiger partial charge in [0.05, 0.1) is 17.9 Å². The molecule has 1 fully saturated rings. The van der Waals surface area contributed by atoms with Crippen LogP contribution >= 0.6 is 0 Å². The fourth-order valence-electron chi connectivity index (χ4n) is 2.69. The fraction of sp³-hybridized carbons (Fsp3) is 0.562. The highest BCUT2D eigenvalue weighted by atomic mass is 19.1. The van der Waals surface area contributed by atoms with Gasteiger partial charge in [0.15, 0.2) is 0 Å². The lowest BCUT2D eigenvalue weighted by molar-refractivity contribution is 0.0527. The number of rotatable bonds is 3. The molecule has 116 valence electrons. The number of halogens is 1. The molecule has 2 atom stereocenters. The molecule has 2 rings (SSSR count). The summed E-state index contributed by atoms with van der Waals surface area (Å²) in [6.45, 7) is 7.94. The van der Waals surface area contributed by atoms with Crippen LogP contribution in [0.5, 0.6) is 0 Å². The van der Waals surface area contributed by atoms with Crippen molar-refractivity contribution >= 4 is 17.3 Å². The predicted molar refractivity (Wildman–Crippen MR) is 81.9 cm³/mol. The molecule has 0 aliphatic carbocycles. The third kappa shape index (κ3) is 3.28. The van der Waals surface area contributed by atoms with Crippen molar-refractivity contribution < 1.29 is 13.9 Å². The summed E-state index contributed by atoms with van der Waals surface area (Å²) < 4.78 is 19.2. The first-order valence-corrected chi connectivity index (χ1v) is 7.45. The first-order chi connectivity index (χ1) is 9.93. The maximum absolute atomic E-state index is 14.2. The molecule has 0 bridgehead atoms. The van der Waals surface area contributed by atoms with Crippen LogP contribution < -0.4 is 10.6 Å². The molecular weight excluding hydrogens is 271 g/mol. The molecule has 0 saturated carbocycles. The molecule has 1 aromatic carbocycles. The van der Waals surface area contributed by atoms with Gasteiger partial charge in [0.1, 0.15) is 5.82 Å². The normalized spacial score (nSPS) is 22.2. The van der Waals surface area contributed by atoms with Crippen molar-refractivity contribution in [3.05, 3.63) is 23.5 Å². The molecule has 1 aliphatic rings. The zero-order valence-corrected chi connectivity index (χ0v) is 12.9. The number of ether oxygens (including phenoxy) is 1. The highest BCUT2D eigenvalue weighted by molar-refractivity contribution is 5.96. The third-order valence-corrected chi connectivity index (χ3v) is 4.29. The van der Waals surface area contributed by atoms with E-state index in [1.807, 2.05) is 4.90 Å². The summed E-state index contributed by atoms with van der Waals surface area (Å²) in [5.74, 6) is 0.223. The molecule has 0 amide bonds. The summed E-state index contributed by atoms with van der Waals surface area (Å²) in [5, 5.41) is 0. The van der Waals surface area contributed by atoms with Crippen molar-refractivity contribution in [1.29, 1.82) is 0 Å². The maximum Gasteiger partial charge on any atom is 0.340 e. The average Bonchev–Trinajstić information content (AvgIpc) is 2.42. The van der Waals surface area contributed by atoms with Crippen LogP contribution in [0.4, 0.5) is 15.8 Å². The number of anilines is 2. The molecule has 0 radical (unpaired) electrons. The second-order valence-electron chi connectivity index (χ2n) is 5.80. The third-order valence-electron chi connectivity index (χ3n) is 4.29. The SMILES string of the molecule is CCOC(=O)c1cc(N2CCC(C)C(C)C2)c(F)cc1N. The van der Waals surface area contributed by atoms with Crippen molar-refractivity contribution in [2.45, 2.75) is 27.2 Å². The molecule has 1 saturated heterocycles. The topological polar surface area (TPSA) is 55.6 Å². The number of nitrogens with zero attached hydrogens (tertiary/aromatic N) is 1. The van der Waals surface area contributed by atoms with Gasteiger partial charge in [-0.2, -0.15) is 0 Å². The van der Waals surface area contributed by atoms with Gasteiger partial charge in [0, 0.05) is 18.8 Å². The van der Waals surface area contributed by atoms with Crippen LogP contribution in [0.3, 0.4) is 0 Å². The van der Waals surface area contributed by atoms with E-state index in [2.05, 4.69) is 13.8 Å². The lowest BCUT2D eigenvalue weighted by Gasteiger charge is -2.37. The monoisotopic (exact) mass is 294 g/mol. The van der Waals surface area contributed by atoms with Crippen LogP contribution in [0.2, 0.25) is 0 Å². The number of nitrogen functional groups attached to an aromatic ring is 1. The molecule has 2 N–H and O–H groups in total. The minimum absolute atomic E-state index is 0.119. The van der Waals surface area contributed by atoms with E-state index in [9.17, 15) is 9.18 Å². The van der Waals surface area contributed by atoms with Gasteiger partial charge >= 0.3 is 5.97 Å². The standard InChI is InChI=1S/C16H23FN2O2/c1-4-21-16(20)12-7-15(13(17)8-14(12)18)19-6-5-10(2)11(3)9-19/h7-8,10-11H,4-6,9,18H2,1-3H3. The Labute approximate surface area is 125 Å². The Bertz CT molecular complexity index is 533. The van der Waals surface area contributed by atoms with E-state index in [1.54, 1.807) is 6.92 Å². The number of benzene rings is 1. The minimum Gasteiger partial charge on any atom is -0.462 e. The van der Waals surface area contributed by atoms with Gasteiger partial charge in [-0.25, -0.2) is 9.18 Å². The lowest BCUT2D eigenvalue weighted by atomic mass is 9.88. The summed E-state index contributed by atoms with van der Waals surface area (Å²) in [6, 6.07) is 2.73. The van der Waals surface area contributed by atoms with E-state index in [4.69, 9.17) is 10.5 Å². The van der Waals surface area contributed by atoms with Crippen LogP contribution in [0, 0.1) is 17.7 Å². The van der Waals surface area contributed by atoms with Crippen LogP contribution in [0.25, 0.3) is 0 Å². The smallest absolute Gasteiger partial charge is 0.340 e. The van der Waals surface area contributed by atoms with Gasteiger partial charge in [0.2, 0.25) is 0 Å². The van der Waals surface area contributed by atoms with E-state index >= 15 is 0 Å². The van der Waals surface area contributed by atoms with Gasteiger partial charge < -0.3 is 15.4 Å². The number of esters is 1. The van der Waals surface area contributed by atoms with Crippen LogP contribution in [-0.2, 0) is 4.74 Å². The molecular formula is C16H23FN2O2. The minimum atomic E-state index is -0.505. The first-order valence-electron chi connectivity index (χ1n) is 7.45. The van der Waals surface area contributed by atoms with Crippen molar-refractivity contribution in [3.63, 3.8) is 0 Å². The quantitative estimate of drug-likeness (QED) is 0.687. The molecule has 1 aromatic rings. The number of piperidine rings is 1. The van der Waals surface area contributed by atoms with Crippen LogP contribution in [-0.4, -0.2) is 25.7 Å². The largest absolute Gasteiger partial charge is 0.462 e. The van der Waals surface area contributed by atoms with Gasteiger partial charge in [-0.15, -0.1) is 0 Å². The molecule has 0 spiro atoms. The molecule has 4 nitrogen and oxygen atoms in total. The summed E-state index contributed by atoms with van der Waals surface area (Å²) in [6.07, 6.45) is 1.01. The van der Waals surface area contributed by atoms with Crippen LogP contribution in [0.1, 0.15) is 37.6 Å². The zero-order valence-electron chi connectivity index (χ0n) is 12.9. The first kappa shape index (κ1) is 15.6. The van der Waals surface area contributed by atoms with Crippen LogP contribution in [0.15, 0.2) is 12.1 Å².